The summed E-state index contributed by atoms with van der Waals surface area (Å²) in [5.41, 5.74) is -2.13. The fourth-order valence-electron chi connectivity index (χ4n) is 2.60. The third-order valence-electron chi connectivity index (χ3n) is 3.85. The molecule has 0 N–H and O–H groups in total. The molecular formula is C18H11F6N5O. The number of benzene rings is 1. The van der Waals surface area contributed by atoms with Crippen molar-refractivity contribution in [3.8, 4) is 17.6 Å². The molecule has 0 saturated heterocycles. The van der Waals surface area contributed by atoms with Gasteiger partial charge >= 0.3 is 12.4 Å². The first kappa shape index (κ1) is 21.1. The molecule has 1 aromatic carbocycles. The van der Waals surface area contributed by atoms with Gasteiger partial charge in [-0.1, -0.05) is 11.2 Å². The summed E-state index contributed by atoms with van der Waals surface area (Å²) in [6.07, 6.45) is -8.19. The molecule has 2 heterocycles. The Morgan fingerprint density at radius 2 is 1.83 bits per heavy atom. The molecule has 0 aliphatic heterocycles. The first-order chi connectivity index (χ1) is 14.1. The Morgan fingerprint density at radius 1 is 1.07 bits per heavy atom. The van der Waals surface area contributed by atoms with Crippen LogP contribution in [0.1, 0.15) is 17.0 Å². The van der Waals surface area contributed by atoms with E-state index in [9.17, 15) is 26.3 Å². The number of aromatic nitrogens is 3. The molecule has 12 heteroatoms. The summed E-state index contributed by atoms with van der Waals surface area (Å²) >= 11 is 0. The summed E-state index contributed by atoms with van der Waals surface area (Å²) in [6, 6.07) is 8.51. The van der Waals surface area contributed by atoms with Crippen LogP contribution in [0.2, 0.25) is 0 Å². The number of halogens is 6. The van der Waals surface area contributed by atoms with E-state index >= 15 is 0 Å². The van der Waals surface area contributed by atoms with Crippen LogP contribution < -0.4 is 4.90 Å². The molecule has 156 valence electrons. The van der Waals surface area contributed by atoms with Gasteiger partial charge in [0, 0.05) is 11.9 Å². The number of hydrogen-bond donors (Lipinski definition) is 0. The number of hydrogen-bond acceptors (Lipinski definition) is 6. The van der Waals surface area contributed by atoms with Crippen LogP contribution in [0.4, 0.5) is 32.0 Å². The van der Waals surface area contributed by atoms with E-state index in [0.717, 1.165) is 12.1 Å². The Bertz CT molecular complexity index is 1060. The van der Waals surface area contributed by atoms with Gasteiger partial charge in [0.05, 0.1) is 23.7 Å². The van der Waals surface area contributed by atoms with Crippen molar-refractivity contribution in [2.75, 3.05) is 11.4 Å². The number of nitriles is 1. The molecule has 0 atom stereocenters. The van der Waals surface area contributed by atoms with Gasteiger partial charge in [-0.3, -0.25) is 4.98 Å². The molecule has 0 radical (unpaired) electrons. The van der Waals surface area contributed by atoms with Crippen molar-refractivity contribution < 1.29 is 30.9 Å². The summed E-state index contributed by atoms with van der Waals surface area (Å²) in [4.78, 5) is 8.54. The van der Waals surface area contributed by atoms with E-state index in [0.29, 0.717) is 16.7 Å². The molecule has 3 rings (SSSR count). The average molecular weight is 427 g/mol. The Hall–Kier alpha value is -3.62. The Balaban J connectivity index is 1.95. The van der Waals surface area contributed by atoms with Crippen LogP contribution in [-0.4, -0.2) is 27.8 Å². The normalized spacial score (nSPS) is 11.9. The minimum absolute atomic E-state index is 0.0216. The molecular weight excluding hydrogens is 416 g/mol. The first-order valence-electron chi connectivity index (χ1n) is 8.24. The molecule has 30 heavy (non-hydrogen) atoms. The summed E-state index contributed by atoms with van der Waals surface area (Å²) < 4.78 is 83.7. The summed E-state index contributed by atoms with van der Waals surface area (Å²) in [5.74, 6) is -0.230. The van der Waals surface area contributed by atoms with Gasteiger partial charge in [-0.05, 0) is 30.3 Å². The fourth-order valence-corrected chi connectivity index (χ4v) is 2.60. The second-order valence-electron chi connectivity index (χ2n) is 6.04. The topological polar surface area (TPSA) is 78.8 Å². The highest BCUT2D eigenvalue weighted by Gasteiger charge is 2.36. The molecule has 0 bridgehead atoms. The standard InChI is InChI=1S/C18H11F6N5O/c19-17(20,21)10-29(12-5-4-11(8-25)13(7-12)18(22,23)24)9-15-27-16(28-30-15)14-3-1-2-6-26-14/h1-7H,9-10H2. The summed E-state index contributed by atoms with van der Waals surface area (Å²) in [7, 11) is 0. The van der Waals surface area contributed by atoms with E-state index in [2.05, 4.69) is 15.1 Å². The number of nitrogens with zero attached hydrogens (tertiary/aromatic N) is 5. The van der Waals surface area contributed by atoms with Crippen LogP contribution in [0.5, 0.6) is 0 Å². The lowest BCUT2D eigenvalue weighted by Gasteiger charge is -2.25. The van der Waals surface area contributed by atoms with Crippen LogP contribution in [0, 0.1) is 11.3 Å². The van der Waals surface area contributed by atoms with Crippen molar-refractivity contribution >= 4 is 5.69 Å². The van der Waals surface area contributed by atoms with Crippen LogP contribution in [0.3, 0.4) is 0 Å². The number of anilines is 1. The molecule has 0 aliphatic rings. The SMILES string of the molecule is N#Cc1ccc(N(Cc2nc(-c3ccccn3)no2)CC(F)(F)F)cc1C(F)(F)F. The monoisotopic (exact) mass is 427 g/mol. The maximum Gasteiger partial charge on any atom is 0.417 e. The highest BCUT2D eigenvalue weighted by molar-refractivity contribution is 5.55. The molecule has 2 aromatic heterocycles. The zero-order valence-corrected chi connectivity index (χ0v) is 14.9. The Labute approximate surface area is 165 Å². The summed E-state index contributed by atoms with van der Waals surface area (Å²) in [5, 5.41) is 12.5. The fraction of sp³-hybridized carbons (Fsp3) is 0.222. The van der Waals surface area contributed by atoms with Gasteiger partial charge in [0.2, 0.25) is 11.7 Å². The molecule has 0 aliphatic carbocycles. The van der Waals surface area contributed by atoms with E-state index in [-0.39, 0.29) is 11.7 Å². The molecule has 0 fully saturated rings. The van der Waals surface area contributed by atoms with Crippen molar-refractivity contribution in [1.82, 2.24) is 15.1 Å². The highest BCUT2D eigenvalue weighted by Crippen LogP contribution is 2.35. The van der Waals surface area contributed by atoms with E-state index in [1.807, 2.05) is 0 Å². The van der Waals surface area contributed by atoms with Crippen LogP contribution in [0.15, 0.2) is 47.1 Å². The molecule has 6 nitrogen and oxygen atoms in total. The van der Waals surface area contributed by atoms with Crippen molar-refractivity contribution in [3.63, 3.8) is 0 Å². The van der Waals surface area contributed by atoms with Crippen LogP contribution in [0.25, 0.3) is 11.5 Å². The van der Waals surface area contributed by atoms with Crippen molar-refractivity contribution in [3.05, 3.63) is 59.6 Å². The van der Waals surface area contributed by atoms with E-state index < -0.39 is 42.3 Å². The molecule has 3 aromatic rings. The predicted octanol–water partition coefficient (Wildman–Crippen LogP) is 4.59. The minimum atomic E-state index is -4.92. The van der Waals surface area contributed by atoms with Gasteiger partial charge in [-0.25, -0.2) is 0 Å². The predicted molar refractivity (Wildman–Crippen MR) is 90.8 cm³/mol. The second-order valence-corrected chi connectivity index (χ2v) is 6.04. The van der Waals surface area contributed by atoms with Gasteiger partial charge in [0.1, 0.15) is 12.2 Å². The smallest absolute Gasteiger partial charge is 0.353 e. The maximum atomic E-state index is 13.2. The molecule has 0 unspecified atom stereocenters. The first-order valence-corrected chi connectivity index (χ1v) is 8.24. The van der Waals surface area contributed by atoms with E-state index in [1.54, 1.807) is 18.2 Å². The number of rotatable bonds is 5. The van der Waals surface area contributed by atoms with E-state index in [4.69, 9.17) is 9.78 Å². The van der Waals surface area contributed by atoms with Crippen LogP contribution >= 0.6 is 0 Å². The molecule has 0 amide bonds. The van der Waals surface area contributed by atoms with Crippen molar-refractivity contribution in [1.29, 1.82) is 5.26 Å². The molecule has 0 spiro atoms. The van der Waals surface area contributed by atoms with Gasteiger partial charge in [0.15, 0.2) is 0 Å². The van der Waals surface area contributed by atoms with Crippen LogP contribution in [-0.2, 0) is 12.7 Å². The molecule has 0 saturated carbocycles. The minimum Gasteiger partial charge on any atom is -0.353 e. The lowest BCUT2D eigenvalue weighted by atomic mass is 10.1. The van der Waals surface area contributed by atoms with E-state index in [1.165, 1.54) is 12.3 Å². The lowest BCUT2D eigenvalue weighted by molar-refractivity contribution is -0.137. The van der Waals surface area contributed by atoms with Gasteiger partial charge in [-0.2, -0.15) is 36.6 Å². The third-order valence-corrected chi connectivity index (χ3v) is 3.85. The maximum absolute atomic E-state index is 13.2. The Morgan fingerprint density at radius 3 is 2.43 bits per heavy atom. The van der Waals surface area contributed by atoms with Gasteiger partial charge in [-0.15, -0.1) is 0 Å². The van der Waals surface area contributed by atoms with Gasteiger partial charge < -0.3 is 9.42 Å². The Kier molecular flexibility index (Phi) is 5.64. The third kappa shape index (κ3) is 5.05. The largest absolute Gasteiger partial charge is 0.417 e. The lowest BCUT2D eigenvalue weighted by Crippen LogP contribution is -2.34. The zero-order chi connectivity index (χ0) is 21.9. The highest BCUT2D eigenvalue weighted by atomic mass is 19.4. The zero-order valence-electron chi connectivity index (χ0n) is 14.9. The number of alkyl halides is 6. The number of pyridine rings is 1. The summed E-state index contributed by atoms with van der Waals surface area (Å²) in [6.45, 7) is -2.18. The average Bonchev–Trinajstić information content (AvgIpc) is 3.14. The second kappa shape index (κ2) is 8.02. The van der Waals surface area contributed by atoms with Crippen molar-refractivity contribution in [2.45, 2.75) is 18.9 Å². The van der Waals surface area contributed by atoms with Crippen molar-refractivity contribution in [2.24, 2.45) is 0 Å². The van der Waals surface area contributed by atoms with Gasteiger partial charge in [0.25, 0.3) is 0 Å². The quantitative estimate of drug-likeness (QED) is 0.555.